The zero-order chi connectivity index (χ0) is 23.3. The summed E-state index contributed by atoms with van der Waals surface area (Å²) >= 11 is 0. The quantitative estimate of drug-likeness (QED) is 0.268. The average molecular weight is 455 g/mol. The summed E-state index contributed by atoms with van der Waals surface area (Å²) in [4.78, 5) is 9.69. The van der Waals surface area contributed by atoms with Crippen LogP contribution in [0.1, 0.15) is 11.1 Å². The van der Waals surface area contributed by atoms with Gasteiger partial charge in [0.1, 0.15) is 11.6 Å². The van der Waals surface area contributed by atoms with Gasteiger partial charge in [-0.25, -0.2) is 18.7 Å². The summed E-state index contributed by atoms with van der Waals surface area (Å²) in [7, 11) is 0. The van der Waals surface area contributed by atoms with Gasteiger partial charge in [0.25, 0.3) is 0 Å². The largest absolute Gasteiger partial charge is 0.367 e. The molecule has 2 N–H and O–H groups in total. The molecule has 0 amide bonds. The zero-order valence-corrected chi connectivity index (χ0v) is 18.6. The summed E-state index contributed by atoms with van der Waals surface area (Å²) in [5.74, 6) is 0.793. The van der Waals surface area contributed by atoms with Gasteiger partial charge < -0.3 is 10.6 Å². The van der Waals surface area contributed by atoms with Crippen LogP contribution in [0.3, 0.4) is 0 Å². The maximum absolute atomic E-state index is 13.5. The Labute approximate surface area is 196 Å². The van der Waals surface area contributed by atoms with Crippen LogP contribution in [0.2, 0.25) is 0 Å². The Kier molecular flexibility index (Phi) is 6.29. The second-order valence-electron chi connectivity index (χ2n) is 8.22. The molecule has 0 fully saturated rings. The standard InChI is InChI=1S/C28H24F2N4/c29-23-9-3-5-19(15-23)11-13-31-27-28(32-14-12-20-6-4-10-24(30)16-20)34-26-18-22-8-2-1-7-21(22)17-25(26)33-27/h1-10,15-18H,11-14H2,(H,31,33)(H,32,34). The van der Waals surface area contributed by atoms with Gasteiger partial charge in [-0.1, -0.05) is 48.5 Å². The predicted octanol–water partition coefficient (Wildman–Crippen LogP) is 6.37. The number of nitrogens with zero attached hydrogens (tertiary/aromatic N) is 2. The van der Waals surface area contributed by atoms with Crippen molar-refractivity contribution in [3.8, 4) is 0 Å². The highest BCUT2D eigenvalue weighted by Crippen LogP contribution is 2.26. The molecule has 34 heavy (non-hydrogen) atoms. The number of halogens is 2. The van der Waals surface area contributed by atoms with Gasteiger partial charge in [-0.15, -0.1) is 0 Å². The van der Waals surface area contributed by atoms with E-state index in [0.29, 0.717) is 37.6 Å². The van der Waals surface area contributed by atoms with Crippen molar-refractivity contribution in [1.29, 1.82) is 0 Å². The van der Waals surface area contributed by atoms with Crippen LogP contribution in [0.4, 0.5) is 20.4 Å². The lowest BCUT2D eigenvalue weighted by atomic mass is 10.1. The highest BCUT2D eigenvalue weighted by atomic mass is 19.1. The molecule has 0 aliphatic heterocycles. The molecular weight excluding hydrogens is 430 g/mol. The molecule has 5 rings (SSSR count). The van der Waals surface area contributed by atoms with Crippen LogP contribution < -0.4 is 10.6 Å². The van der Waals surface area contributed by atoms with Gasteiger partial charge in [-0.05, 0) is 71.1 Å². The molecule has 0 aliphatic rings. The van der Waals surface area contributed by atoms with Crippen molar-refractivity contribution >= 4 is 33.4 Å². The number of nitrogens with one attached hydrogen (secondary N) is 2. The number of aromatic nitrogens is 2. The highest BCUT2D eigenvalue weighted by Gasteiger charge is 2.10. The fraction of sp³-hybridized carbons (Fsp3) is 0.143. The Bertz CT molecular complexity index is 1340. The molecule has 1 heterocycles. The molecule has 0 saturated carbocycles. The summed E-state index contributed by atoms with van der Waals surface area (Å²) in [5, 5.41) is 8.92. The van der Waals surface area contributed by atoms with Gasteiger partial charge >= 0.3 is 0 Å². The minimum absolute atomic E-state index is 0.241. The summed E-state index contributed by atoms with van der Waals surface area (Å²) < 4.78 is 27.0. The van der Waals surface area contributed by atoms with Crippen molar-refractivity contribution in [2.24, 2.45) is 0 Å². The van der Waals surface area contributed by atoms with Gasteiger partial charge in [0, 0.05) is 13.1 Å². The van der Waals surface area contributed by atoms with E-state index in [4.69, 9.17) is 9.97 Å². The predicted molar refractivity (Wildman–Crippen MR) is 134 cm³/mol. The molecule has 6 heteroatoms. The highest BCUT2D eigenvalue weighted by molar-refractivity contribution is 5.96. The zero-order valence-electron chi connectivity index (χ0n) is 18.6. The molecule has 0 spiro atoms. The smallest absolute Gasteiger partial charge is 0.169 e. The lowest BCUT2D eigenvalue weighted by molar-refractivity contribution is 0.625. The monoisotopic (exact) mass is 454 g/mol. The molecule has 4 nitrogen and oxygen atoms in total. The third-order valence-electron chi connectivity index (χ3n) is 5.72. The van der Waals surface area contributed by atoms with Crippen molar-refractivity contribution in [1.82, 2.24) is 9.97 Å². The van der Waals surface area contributed by atoms with Crippen LogP contribution in [-0.2, 0) is 12.8 Å². The lowest BCUT2D eigenvalue weighted by Gasteiger charge is -2.14. The maximum atomic E-state index is 13.5. The van der Waals surface area contributed by atoms with Crippen LogP contribution in [0.5, 0.6) is 0 Å². The number of hydrogen-bond donors (Lipinski definition) is 2. The van der Waals surface area contributed by atoms with E-state index in [1.165, 1.54) is 24.3 Å². The maximum Gasteiger partial charge on any atom is 0.169 e. The first kappa shape index (κ1) is 21.8. The van der Waals surface area contributed by atoms with Crippen molar-refractivity contribution in [3.63, 3.8) is 0 Å². The normalized spacial score (nSPS) is 11.1. The number of fused-ring (bicyclic) bond motifs is 2. The summed E-state index contributed by atoms with van der Waals surface area (Å²) in [6.45, 7) is 1.16. The average Bonchev–Trinajstić information content (AvgIpc) is 2.83. The number of benzene rings is 4. The van der Waals surface area contributed by atoms with Crippen molar-refractivity contribution in [2.45, 2.75) is 12.8 Å². The van der Waals surface area contributed by atoms with Gasteiger partial charge in [0.15, 0.2) is 11.6 Å². The molecule has 0 saturated heterocycles. The van der Waals surface area contributed by atoms with E-state index in [0.717, 1.165) is 32.9 Å². The molecule has 0 bridgehead atoms. The molecule has 0 unspecified atom stereocenters. The van der Waals surface area contributed by atoms with Gasteiger partial charge in [0.2, 0.25) is 0 Å². The Morgan fingerprint density at radius 1 is 0.559 bits per heavy atom. The van der Waals surface area contributed by atoms with Gasteiger partial charge in [-0.3, -0.25) is 0 Å². The van der Waals surface area contributed by atoms with Crippen LogP contribution in [0.15, 0.2) is 84.9 Å². The lowest BCUT2D eigenvalue weighted by Crippen LogP contribution is -2.13. The van der Waals surface area contributed by atoms with Gasteiger partial charge in [0.05, 0.1) is 11.0 Å². The number of anilines is 2. The molecule has 5 aromatic rings. The summed E-state index contributed by atoms with van der Waals surface area (Å²) in [6.07, 6.45) is 1.30. The Morgan fingerprint density at radius 2 is 1.03 bits per heavy atom. The van der Waals surface area contributed by atoms with E-state index in [1.54, 1.807) is 12.1 Å². The Hall–Kier alpha value is -4.06. The van der Waals surface area contributed by atoms with Crippen LogP contribution in [-0.4, -0.2) is 23.1 Å². The Balaban J connectivity index is 1.39. The van der Waals surface area contributed by atoms with E-state index in [-0.39, 0.29) is 11.6 Å². The summed E-state index contributed by atoms with van der Waals surface area (Å²) in [5.41, 5.74) is 3.41. The minimum atomic E-state index is -0.241. The molecule has 170 valence electrons. The van der Waals surface area contributed by atoms with Crippen LogP contribution in [0.25, 0.3) is 21.8 Å². The minimum Gasteiger partial charge on any atom is -0.367 e. The molecule has 0 atom stereocenters. The first-order valence-corrected chi connectivity index (χ1v) is 11.3. The molecule has 1 aromatic heterocycles. The third kappa shape index (κ3) is 5.12. The fourth-order valence-corrected chi connectivity index (χ4v) is 4.02. The van der Waals surface area contributed by atoms with E-state index < -0.39 is 0 Å². The number of rotatable bonds is 8. The van der Waals surface area contributed by atoms with Crippen LogP contribution in [0, 0.1) is 11.6 Å². The fourth-order valence-electron chi connectivity index (χ4n) is 4.02. The second-order valence-corrected chi connectivity index (χ2v) is 8.22. The molecule has 4 aromatic carbocycles. The first-order valence-electron chi connectivity index (χ1n) is 11.3. The third-order valence-corrected chi connectivity index (χ3v) is 5.72. The molecular formula is C28H24F2N4. The first-order chi connectivity index (χ1) is 16.6. The second kappa shape index (κ2) is 9.83. The molecule has 0 radical (unpaired) electrons. The van der Waals surface area contributed by atoms with E-state index in [9.17, 15) is 8.78 Å². The van der Waals surface area contributed by atoms with Crippen LogP contribution >= 0.6 is 0 Å². The van der Waals surface area contributed by atoms with E-state index in [1.807, 2.05) is 36.4 Å². The van der Waals surface area contributed by atoms with E-state index in [2.05, 4.69) is 22.8 Å². The number of hydrogen-bond acceptors (Lipinski definition) is 4. The topological polar surface area (TPSA) is 49.8 Å². The SMILES string of the molecule is Fc1cccc(CCNc2nc3cc4ccccc4cc3nc2NCCc2cccc(F)c2)c1. The van der Waals surface area contributed by atoms with Gasteiger partial charge in [-0.2, -0.15) is 0 Å². The van der Waals surface area contributed by atoms with Crippen molar-refractivity contribution in [3.05, 3.63) is 108 Å². The summed E-state index contributed by atoms with van der Waals surface area (Å²) in [6, 6.07) is 25.4. The Morgan fingerprint density at radius 3 is 1.47 bits per heavy atom. The van der Waals surface area contributed by atoms with Crippen molar-refractivity contribution in [2.75, 3.05) is 23.7 Å². The van der Waals surface area contributed by atoms with E-state index >= 15 is 0 Å². The van der Waals surface area contributed by atoms with Crippen molar-refractivity contribution < 1.29 is 8.78 Å². The molecule has 0 aliphatic carbocycles.